The van der Waals surface area contributed by atoms with Crippen LogP contribution in [0.25, 0.3) is 0 Å². The average Bonchev–Trinajstić information content (AvgIpc) is 2.16. The second-order valence-corrected chi connectivity index (χ2v) is 2.77. The molecule has 0 aliphatic heterocycles. The summed E-state index contributed by atoms with van der Waals surface area (Å²) in [5, 5.41) is 11.1. The topological polar surface area (TPSA) is 75.3 Å². The first-order valence-electron chi connectivity index (χ1n) is 4.19. The molecule has 80 valence electrons. The normalized spacial score (nSPS) is 12.7. The van der Waals surface area contributed by atoms with Gasteiger partial charge in [0.05, 0.1) is 0 Å². The summed E-state index contributed by atoms with van der Waals surface area (Å²) in [6.45, 7) is 3.21. The molecule has 0 aromatic heterocycles. The first-order chi connectivity index (χ1) is 6.57. The molecule has 0 amide bonds. The molecule has 0 heterocycles. The van der Waals surface area contributed by atoms with Crippen LogP contribution in [0.5, 0.6) is 0 Å². The Kier molecular flexibility index (Phi) is 6.39. The number of rotatable bonds is 7. The summed E-state index contributed by atoms with van der Waals surface area (Å²) in [6.07, 6.45) is 3.58. The van der Waals surface area contributed by atoms with E-state index < -0.39 is 18.7 Å². The van der Waals surface area contributed by atoms with Gasteiger partial charge in [-0.1, -0.05) is 18.7 Å². The van der Waals surface area contributed by atoms with Gasteiger partial charge in [0.25, 0.3) is 0 Å². The van der Waals surface area contributed by atoms with Crippen LogP contribution in [-0.4, -0.2) is 30.3 Å². The number of carboxylic acid groups (broad SMARTS) is 1. The minimum absolute atomic E-state index is 0.263. The second-order valence-electron chi connectivity index (χ2n) is 2.77. The first kappa shape index (κ1) is 12.6. The number of alkyl halides is 1. The Morgan fingerprint density at radius 2 is 2.29 bits per heavy atom. The average molecular weight is 202 g/mol. The van der Waals surface area contributed by atoms with Crippen molar-refractivity contribution in [3.05, 3.63) is 24.4 Å². The molecule has 0 rings (SSSR count). The van der Waals surface area contributed by atoms with Gasteiger partial charge in [-0.05, 0) is 6.42 Å². The third-order valence-corrected chi connectivity index (χ3v) is 1.51. The van der Waals surface area contributed by atoms with Gasteiger partial charge in [0.15, 0.2) is 0 Å². The summed E-state index contributed by atoms with van der Waals surface area (Å²) < 4.78 is 11.8. The highest BCUT2D eigenvalue weighted by atomic mass is 19.1. The molecule has 14 heavy (non-hydrogen) atoms. The lowest BCUT2D eigenvalue weighted by molar-refractivity contribution is -0.138. The molecule has 0 bridgehead atoms. The van der Waals surface area contributed by atoms with Gasteiger partial charge < -0.3 is 16.2 Å². The molecule has 0 aromatic carbocycles. The van der Waals surface area contributed by atoms with Crippen molar-refractivity contribution in [2.75, 3.05) is 13.2 Å². The molecule has 1 atom stereocenters. The molecule has 0 radical (unpaired) electrons. The van der Waals surface area contributed by atoms with Gasteiger partial charge in [-0.25, -0.2) is 4.39 Å². The fraction of sp³-hybridized carbons (Fsp3) is 0.444. The predicted molar refractivity (Wildman–Crippen MR) is 52.5 cm³/mol. The van der Waals surface area contributed by atoms with Crippen LogP contribution >= 0.6 is 0 Å². The second kappa shape index (κ2) is 7.08. The smallest absolute Gasteiger partial charge is 0.320 e. The maximum absolute atomic E-state index is 11.8. The van der Waals surface area contributed by atoms with Crippen LogP contribution in [0.1, 0.15) is 6.42 Å². The van der Waals surface area contributed by atoms with Gasteiger partial charge in [-0.2, -0.15) is 0 Å². The standard InChI is InChI=1S/C9H15FN2O2/c1-7(6-10)12-5-3-2-4-8(11)9(13)14/h2-3,8,12H,1,4-6,11H2,(H,13,14)/b3-2+. The van der Waals surface area contributed by atoms with E-state index in [2.05, 4.69) is 11.9 Å². The van der Waals surface area contributed by atoms with E-state index >= 15 is 0 Å². The van der Waals surface area contributed by atoms with E-state index in [0.717, 1.165) is 0 Å². The maximum Gasteiger partial charge on any atom is 0.320 e. The first-order valence-corrected chi connectivity index (χ1v) is 4.19. The third-order valence-electron chi connectivity index (χ3n) is 1.51. The Labute approximate surface area is 82.3 Å². The Hall–Kier alpha value is -1.36. The largest absolute Gasteiger partial charge is 0.480 e. The lowest BCUT2D eigenvalue weighted by Gasteiger charge is -2.02. The van der Waals surface area contributed by atoms with Crippen LogP contribution in [0.15, 0.2) is 24.4 Å². The SMILES string of the molecule is C=C(CF)NC/C=C/CC(N)C(=O)O. The molecule has 0 aliphatic rings. The maximum atomic E-state index is 11.8. The number of nitrogens with one attached hydrogen (secondary N) is 1. The summed E-state index contributed by atoms with van der Waals surface area (Å²) in [4.78, 5) is 10.3. The molecule has 0 fully saturated rings. The summed E-state index contributed by atoms with van der Waals surface area (Å²) in [5.41, 5.74) is 5.54. The molecule has 0 aliphatic carbocycles. The van der Waals surface area contributed by atoms with Gasteiger partial charge in [0.2, 0.25) is 0 Å². The molecule has 5 heteroatoms. The molecule has 4 nitrogen and oxygen atoms in total. The summed E-state index contributed by atoms with van der Waals surface area (Å²) in [5.74, 6) is -1.03. The van der Waals surface area contributed by atoms with E-state index in [0.29, 0.717) is 12.2 Å². The minimum atomic E-state index is -1.03. The zero-order chi connectivity index (χ0) is 11.0. The Morgan fingerprint density at radius 3 is 2.79 bits per heavy atom. The van der Waals surface area contributed by atoms with Crippen molar-refractivity contribution < 1.29 is 14.3 Å². The zero-order valence-corrected chi connectivity index (χ0v) is 7.87. The van der Waals surface area contributed by atoms with E-state index in [9.17, 15) is 9.18 Å². The van der Waals surface area contributed by atoms with Gasteiger partial charge in [-0.3, -0.25) is 4.79 Å². The molecule has 1 unspecified atom stereocenters. The molecular formula is C9H15FN2O2. The highest BCUT2D eigenvalue weighted by Crippen LogP contribution is 1.90. The molecular weight excluding hydrogens is 187 g/mol. The van der Waals surface area contributed by atoms with Gasteiger partial charge in [0.1, 0.15) is 12.7 Å². The van der Waals surface area contributed by atoms with E-state index in [1.807, 2.05) is 0 Å². The number of hydrogen-bond acceptors (Lipinski definition) is 3. The lowest BCUT2D eigenvalue weighted by atomic mass is 10.2. The van der Waals surface area contributed by atoms with Crippen molar-refractivity contribution in [3.8, 4) is 0 Å². The molecule has 0 aromatic rings. The highest BCUT2D eigenvalue weighted by Gasteiger charge is 2.07. The Morgan fingerprint density at radius 1 is 1.64 bits per heavy atom. The monoisotopic (exact) mass is 202 g/mol. The highest BCUT2D eigenvalue weighted by molar-refractivity contribution is 5.73. The lowest BCUT2D eigenvalue weighted by Crippen LogP contribution is -2.29. The number of carbonyl (C=O) groups is 1. The van der Waals surface area contributed by atoms with E-state index in [-0.39, 0.29) is 6.42 Å². The van der Waals surface area contributed by atoms with Crippen LogP contribution in [0.3, 0.4) is 0 Å². The van der Waals surface area contributed by atoms with E-state index in [4.69, 9.17) is 10.8 Å². The number of carboxylic acids is 1. The van der Waals surface area contributed by atoms with Crippen LogP contribution in [0.2, 0.25) is 0 Å². The van der Waals surface area contributed by atoms with Crippen molar-refractivity contribution >= 4 is 5.97 Å². The number of nitrogens with two attached hydrogens (primary N) is 1. The fourth-order valence-electron chi connectivity index (χ4n) is 0.677. The molecule has 4 N–H and O–H groups in total. The van der Waals surface area contributed by atoms with Crippen molar-refractivity contribution in [1.29, 1.82) is 0 Å². The fourth-order valence-corrected chi connectivity index (χ4v) is 0.677. The summed E-state index contributed by atoms with van der Waals surface area (Å²) in [6, 6.07) is -0.879. The van der Waals surface area contributed by atoms with Gasteiger partial charge in [-0.15, -0.1) is 0 Å². The third kappa shape index (κ3) is 6.19. The van der Waals surface area contributed by atoms with Crippen LogP contribution in [-0.2, 0) is 4.79 Å². The Balaban J connectivity index is 3.54. The van der Waals surface area contributed by atoms with Crippen molar-refractivity contribution in [2.24, 2.45) is 5.73 Å². The predicted octanol–water partition coefficient (Wildman–Crippen LogP) is 0.417. The van der Waals surface area contributed by atoms with Crippen molar-refractivity contribution in [1.82, 2.24) is 5.32 Å². The number of aliphatic carboxylic acids is 1. The molecule has 0 saturated heterocycles. The van der Waals surface area contributed by atoms with Crippen LogP contribution < -0.4 is 11.1 Å². The molecule has 0 saturated carbocycles. The van der Waals surface area contributed by atoms with Gasteiger partial charge >= 0.3 is 5.97 Å². The van der Waals surface area contributed by atoms with E-state index in [1.165, 1.54) is 0 Å². The number of allylic oxidation sites excluding steroid dienone is 1. The van der Waals surface area contributed by atoms with Gasteiger partial charge in [0, 0.05) is 12.2 Å². The summed E-state index contributed by atoms with van der Waals surface area (Å²) in [7, 11) is 0. The van der Waals surface area contributed by atoms with Crippen LogP contribution in [0.4, 0.5) is 4.39 Å². The number of hydrogen-bond donors (Lipinski definition) is 3. The van der Waals surface area contributed by atoms with Crippen LogP contribution in [0, 0.1) is 0 Å². The van der Waals surface area contributed by atoms with E-state index in [1.54, 1.807) is 12.2 Å². The molecule has 0 spiro atoms. The summed E-state index contributed by atoms with van der Waals surface area (Å²) >= 11 is 0. The zero-order valence-electron chi connectivity index (χ0n) is 7.87. The minimum Gasteiger partial charge on any atom is -0.480 e. The quantitative estimate of drug-likeness (QED) is 0.523. The van der Waals surface area contributed by atoms with Crippen molar-refractivity contribution in [2.45, 2.75) is 12.5 Å². The number of halogens is 1. The Bertz CT molecular complexity index is 229. The van der Waals surface area contributed by atoms with Crippen molar-refractivity contribution in [3.63, 3.8) is 0 Å².